The Labute approximate surface area is 124 Å². The van der Waals surface area contributed by atoms with Gasteiger partial charge in [0.05, 0.1) is 18.8 Å². The number of carbonyl (C=O) groups is 2. The Hall–Kier alpha value is -2.08. The van der Waals surface area contributed by atoms with Gasteiger partial charge in [-0.25, -0.2) is 0 Å². The number of hydrogen-bond donors (Lipinski definition) is 3. The van der Waals surface area contributed by atoms with Gasteiger partial charge >= 0.3 is 0 Å². The van der Waals surface area contributed by atoms with Gasteiger partial charge in [-0.2, -0.15) is 0 Å². The molecule has 0 saturated carbocycles. The Kier molecular flexibility index (Phi) is 5.16. The second-order valence-electron chi connectivity index (χ2n) is 5.09. The summed E-state index contributed by atoms with van der Waals surface area (Å²) in [6.07, 6.45) is 3.02. The van der Waals surface area contributed by atoms with Crippen LogP contribution in [0.4, 0.5) is 11.4 Å². The minimum atomic E-state index is -0.189. The molecule has 0 bridgehead atoms. The fourth-order valence-corrected chi connectivity index (χ4v) is 2.38. The third-order valence-corrected chi connectivity index (χ3v) is 3.40. The average Bonchev–Trinajstić information content (AvgIpc) is 2.48. The number of methoxy groups -OCH3 is 1. The average molecular weight is 291 g/mol. The van der Waals surface area contributed by atoms with E-state index >= 15 is 0 Å². The molecule has 2 rings (SSSR count). The standard InChI is InChI=1S/C15H21N3O3/c1-10(19)17-13-9-11(6-7-14(13)21-2)18-15(20)12-5-3-4-8-16-12/h6-7,9,12,16H,3-5,8H2,1-2H3,(H,17,19)(H,18,20). The molecule has 1 aromatic carbocycles. The second-order valence-corrected chi connectivity index (χ2v) is 5.09. The van der Waals surface area contributed by atoms with Gasteiger partial charge in [0.1, 0.15) is 5.75 Å². The van der Waals surface area contributed by atoms with Crippen LogP contribution in [0.25, 0.3) is 0 Å². The van der Waals surface area contributed by atoms with Crippen molar-refractivity contribution in [1.82, 2.24) is 5.32 Å². The molecule has 1 saturated heterocycles. The molecule has 0 spiro atoms. The molecule has 3 N–H and O–H groups in total. The predicted octanol–water partition coefficient (Wildman–Crippen LogP) is 1.73. The fraction of sp³-hybridized carbons (Fsp3) is 0.467. The van der Waals surface area contributed by atoms with Crippen molar-refractivity contribution in [2.75, 3.05) is 24.3 Å². The molecule has 0 aliphatic carbocycles. The van der Waals surface area contributed by atoms with Gasteiger partial charge in [0.15, 0.2) is 0 Å². The van der Waals surface area contributed by atoms with Crippen LogP contribution in [0, 0.1) is 0 Å². The van der Waals surface area contributed by atoms with Crippen LogP contribution in [0.15, 0.2) is 18.2 Å². The molecule has 1 fully saturated rings. The van der Waals surface area contributed by atoms with Crippen molar-refractivity contribution in [2.45, 2.75) is 32.2 Å². The van der Waals surface area contributed by atoms with Crippen LogP contribution in [0.5, 0.6) is 5.75 Å². The summed E-state index contributed by atoms with van der Waals surface area (Å²) < 4.78 is 5.18. The number of rotatable bonds is 4. The van der Waals surface area contributed by atoms with Gasteiger partial charge in [-0.3, -0.25) is 9.59 Å². The van der Waals surface area contributed by atoms with Gasteiger partial charge in [-0.15, -0.1) is 0 Å². The number of piperidine rings is 1. The Morgan fingerprint density at radius 1 is 1.29 bits per heavy atom. The number of benzene rings is 1. The van der Waals surface area contributed by atoms with Crippen molar-refractivity contribution >= 4 is 23.2 Å². The van der Waals surface area contributed by atoms with Gasteiger partial charge in [-0.1, -0.05) is 6.42 Å². The van der Waals surface area contributed by atoms with E-state index in [9.17, 15) is 9.59 Å². The molecule has 2 amide bonds. The molecule has 21 heavy (non-hydrogen) atoms. The van der Waals surface area contributed by atoms with Crippen LogP contribution in [0.2, 0.25) is 0 Å². The highest BCUT2D eigenvalue weighted by molar-refractivity contribution is 5.97. The molecular formula is C15H21N3O3. The maximum absolute atomic E-state index is 12.2. The van der Waals surface area contributed by atoms with Crippen molar-refractivity contribution in [1.29, 1.82) is 0 Å². The number of nitrogens with one attached hydrogen (secondary N) is 3. The zero-order valence-electron chi connectivity index (χ0n) is 12.4. The molecule has 6 heteroatoms. The first-order valence-corrected chi connectivity index (χ1v) is 7.10. The van der Waals surface area contributed by atoms with E-state index in [1.807, 2.05) is 0 Å². The molecule has 1 atom stereocenters. The normalized spacial score (nSPS) is 17.9. The molecule has 114 valence electrons. The van der Waals surface area contributed by atoms with E-state index in [-0.39, 0.29) is 17.9 Å². The molecule has 1 aromatic rings. The summed E-state index contributed by atoms with van der Waals surface area (Å²) in [7, 11) is 1.53. The van der Waals surface area contributed by atoms with Gasteiger partial charge in [0.25, 0.3) is 0 Å². The van der Waals surface area contributed by atoms with Crippen LogP contribution < -0.4 is 20.7 Å². The van der Waals surface area contributed by atoms with Crippen molar-refractivity contribution in [3.8, 4) is 5.75 Å². The third-order valence-electron chi connectivity index (χ3n) is 3.40. The van der Waals surface area contributed by atoms with Crippen molar-refractivity contribution in [3.63, 3.8) is 0 Å². The topological polar surface area (TPSA) is 79.5 Å². The minimum Gasteiger partial charge on any atom is -0.495 e. The third kappa shape index (κ3) is 4.19. The van der Waals surface area contributed by atoms with Crippen LogP contribution in [0.3, 0.4) is 0 Å². The monoisotopic (exact) mass is 291 g/mol. The first kappa shape index (κ1) is 15.3. The van der Waals surface area contributed by atoms with Gasteiger partial charge in [0, 0.05) is 12.6 Å². The molecule has 1 heterocycles. The van der Waals surface area contributed by atoms with Gasteiger partial charge in [-0.05, 0) is 37.6 Å². The first-order chi connectivity index (χ1) is 10.1. The highest BCUT2D eigenvalue weighted by atomic mass is 16.5. The van der Waals surface area contributed by atoms with Crippen LogP contribution >= 0.6 is 0 Å². The van der Waals surface area contributed by atoms with E-state index in [1.165, 1.54) is 14.0 Å². The zero-order valence-corrected chi connectivity index (χ0v) is 12.4. The van der Waals surface area contributed by atoms with E-state index in [0.717, 1.165) is 25.8 Å². The smallest absolute Gasteiger partial charge is 0.241 e. The number of carbonyl (C=O) groups excluding carboxylic acids is 2. The van der Waals surface area contributed by atoms with E-state index in [0.29, 0.717) is 17.1 Å². The minimum absolute atomic E-state index is 0.0476. The van der Waals surface area contributed by atoms with Crippen molar-refractivity contribution < 1.29 is 14.3 Å². The van der Waals surface area contributed by atoms with E-state index in [1.54, 1.807) is 18.2 Å². The largest absolute Gasteiger partial charge is 0.495 e. The van der Waals surface area contributed by atoms with Gasteiger partial charge in [0.2, 0.25) is 11.8 Å². The quantitative estimate of drug-likeness (QED) is 0.789. The summed E-state index contributed by atoms with van der Waals surface area (Å²) in [5, 5.41) is 8.76. The van der Waals surface area contributed by atoms with Gasteiger partial charge < -0.3 is 20.7 Å². The van der Waals surface area contributed by atoms with E-state index < -0.39 is 0 Å². The maximum atomic E-state index is 12.2. The summed E-state index contributed by atoms with van der Waals surface area (Å²) >= 11 is 0. The Bertz CT molecular complexity index is 525. The highest BCUT2D eigenvalue weighted by Crippen LogP contribution is 2.28. The first-order valence-electron chi connectivity index (χ1n) is 7.10. The molecule has 0 radical (unpaired) electrons. The summed E-state index contributed by atoms with van der Waals surface area (Å²) in [4.78, 5) is 23.4. The lowest BCUT2D eigenvalue weighted by atomic mass is 10.0. The van der Waals surface area contributed by atoms with E-state index in [4.69, 9.17) is 4.74 Å². The van der Waals surface area contributed by atoms with E-state index in [2.05, 4.69) is 16.0 Å². The van der Waals surface area contributed by atoms with Crippen LogP contribution in [-0.2, 0) is 9.59 Å². The van der Waals surface area contributed by atoms with Crippen LogP contribution in [-0.4, -0.2) is 31.5 Å². The number of amides is 2. The number of anilines is 2. The molecular weight excluding hydrogens is 270 g/mol. The Morgan fingerprint density at radius 2 is 2.10 bits per heavy atom. The molecule has 1 aliphatic heterocycles. The summed E-state index contributed by atoms with van der Waals surface area (Å²) in [6.45, 7) is 2.30. The SMILES string of the molecule is COc1ccc(NC(=O)C2CCCCN2)cc1NC(C)=O. The van der Waals surface area contributed by atoms with Crippen molar-refractivity contribution in [3.05, 3.63) is 18.2 Å². The zero-order chi connectivity index (χ0) is 15.2. The lowest BCUT2D eigenvalue weighted by Crippen LogP contribution is -2.43. The Morgan fingerprint density at radius 3 is 2.71 bits per heavy atom. The fourth-order valence-electron chi connectivity index (χ4n) is 2.38. The number of hydrogen-bond acceptors (Lipinski definition) is 4. The molecule has 1 unspecified atom stereocenters. The lowest BCUT2D eigenvalue weighted by molar-refractivity contribution is -0.118. The predicted molar refractivity (Wildman–Crippen MR) is 81.6 cm³/mol. The van der Waals surface area contributed by atoms with Crippen LogP contribution in [0.1, 0.15) is 26.2 Å². The summed E-state index contributed by atoms with van der Waals surface area (Å²) in [5.41, 5.74) is 1.18. The molecule has 1 aliphatic rings. The second kappa shape index (κ2) is 7.08. The maximum Gasteiger partial charge on any atom is 0.241 e. The van der Waals surface area contributed by atoms with Crippen molar-refractivity contribution in [2.24, 2.45) is 0 Å². The summed E-state index contributed by atoms with van der Waals surface area (Å²) in [5.74, 6) is 0.318. The summed E-state index contributed by atoms with van der Waals surface area (Å²) in [6, 6.07) is 5.02. The Balaban J connectivity index is 2.08. The highest BCUT2D eigenvalue weighted by Gasteiger charge is 2.20. The lowest BCUT2D eigenvalue weighted by Gasteiger charge is -2.22. The molecule has 0 aromatic heterocycles. The number of ether oxygens (including phenoxy) is 1. The molecule has 6 nitrogen and oxygen atoms in total.